The maximum Gasteiger partial charge on any atom is 0.426 e. The standard InChI is InChI=1S/C84H114N18O16S2.5CO2/c1-8-80(114)40-51-41-82(46-117-47-103,67-57(25-31-101(44-51)45-80)56-17-10-11-18-60(56)94-67)59-38-58-62(39-65(59)116-7)100(6)74-83(58)27-32-102-30-15-26-81(9-2,73(83)102)75(111)84(74,115)76(112)98-99-79(113)118-33-35-120-119-34-14-20-63(105)50(5)92-69(107)49(4)37-64(106)61(19-13-29-89-77(85)86)95-70(108)48(3)36-55(104)16-12-28-88-71(109)52-21-23-53(24-22-52)90-42-54-43-91-68-66(93-54)72(110)97-78(87)96-68;5*2-1-3/h10-11,15,17-18,21-24,26,38-39,43,47-51,57,61,67,73-75,90,94,111,114-115H,8-9,12-14,16,19-20,25,27-37,40-42,44-46H2,1-7H3,(H,88,109)(H,92,107)(H,95,108)(H,98,112)(H,99,113)(H4,85,86,89)(H3,87,91,96,97,110);;;;;/t48-,49-,50+,51-,57?,61+,67?,73+,74-,75-,80+,81-,82+,83-,84-;;;;;/m1...../s1. The third kappa shape index (κ3) is 26.5. The molecular weight excluding hydrogens is 1800 g/mol. The summed E-state index contributed by atoms with van der Waals surface area (Å²) in [6, 6.07) is 15.3. The Balaban J connectivity index is 0.00000155. The molecule has 1 saturated carbocycles. The molecule has 46 heteroatoms. The second-order valence-corrected chi connectivity index (χ2v) is 36.4. The number of ether oxygens (including phenoxy) is 3. The average molecular weight is 1920 g/mol. The molecule has 135 heavy (non-hydrogen) atoms. The number of para-hydroxylation sites is 1. The molecule has 5 aromatic rings. The molecule has 8 heterocycles. The van der Waals surface area contributed by atoms with E-state index in [-0.39, 0.29) is 154 Å². The van der Waals surface area contributed by atoms with Gasteiger partial charge in [0.1, 0.15) is 30.9 Å². The molecule has 3 unspecified atom stereocenters. The maximum absolute atomic E-state index is 15.3. The summed E-state index contributed by atoms with van der Waals surface area (Å²) in [5, 5.41) is 54.3. The van der Waals surface area contributed by atoms with Gasteiger partial charge in [-0.15, -0.1) is 0 Å². The summed E-state index contributed by atoms with van der Waals surface area (Å²) in [4.78, 5) is 241. The van der Waals surface area contributed by atoms with Crippen molar-refractivity contribution in [3.8, 4) is 5.75 Å². The number of fused-ring (bicyclic) bond motifs is 7. The zero-order valence-electron chi connectivity index (χ0n) is 75.7. The number of aromatic nitrogens is 4. The number of rotatable bonds is 38. The lowest BCUT2D eigenvalue weighted by atomic mass is 9.47. The SMILES string of the molecule is CC[C@]1(O)C[C@H]2CN(CCC3c4ccccc4NC3[C@@](COC=O)(c3cc4c(cc3OC)N(C)[C@H]3[C@](O)(C(=O)NNC(=O)OCCSSCCCC(=O)[C@H](C)NC(=O)[C@H](C)CC(=O)[C@H](CCCN=C(N)N)NC(=O)[C@H](C)CC(=O)CCCNC(=O)c5ccc(NCc6cnc7nc(N)[nH]c(=O)c7n6)cc5)[C@H](O)[C@]5(CC)C=CCN6CC[C@]43[C@@H]65)C2)C1.O=C=O.O=C=O.O=C=O.O=C=O.O=C=O. The largest absolute Gasteiger partial charge is 0.496 e. The molecule has 12 rings (SSSR count). The number of Topliss-reactive ketones (excluding diaryl/α,β-unsaturated/α-hetero) is 3. The number of nitrogens with zero attached hydrogens (tertiary/aromatic N) is 7. The number of benzene rings is 3. The molecule has 3 saturated heterocycles. The first kappa shape index (κ1) is 109. The van der Waals surface area contributed by atoms with Crippen LogP contribution >= 0.6 is 21.6 Å². The summed E-state index contributed by atoms with van der Waals surface area (Å²) in [6.07, 6.45) is 8.14. The fourth-order valence-corrected chi connectivity index (χ4v) is 21.8. The van der Waals surface area contributed by atoms with Gasteiger partial charge in [-0.3, -0.25) is 63.5 Å². The number of aromatic amines is 1. The molecule has 0 radical (unpaired) electrons. The van der Waals surface area contributed by atoms with Crippen molar-refractivity contribution in [3.05, 3.63) is 117 Å². The number of hydrazine groups is 1. The first-order chi connectivity index (χ1) is 64.5. The van der Waals surface area contributed by atoms with Gasteiger partial charge >= 0.3 is 36.9 Å². The average Bonchev–Trinajstić information content (AvgIpc) is 1.48. The highest BCUT2D eigenvalue weighted by atomic mass is 33.1. The molecule has 4 fully saturated rings. The molecular formula is C89H114N18O26S2. The van der Waals surface area contributed by atoms with Gasteiger partial charge in [-0.05, 0) is 138 Å². The van der Waals surface area contributed by atoms with Crippen molar-refractivity contribution in [2.24, 2.45) is 39.6 Å². The molecule has 44 nitrogen and oxygen atoms in total. The summed E-state index contributed by atoms with van der Waals surface area (Å²) in [7, 11) is 6.25. The van der Waals surface area contributed by atoms with E-state index >= 15 is 4.79 Å². The first-order valence-electron chi connectivity index (χ1n) is 43.5. The summed E-state index contributed by atoms with van der Waals surface area (Å²) in [6.45, 7) is 12.8. The summed E-state index contributed by atoms with van der Waals surface area (Å²) >= 11 is 0. The van der Waals surface area contributed by atoms with Gasteiger partial charge in [-0.1, -0.05) is 79.6 Å². The summed E-state index contributed by atoms with van der Waals surface area (Å²) in [5.74, 6) is -4.06. The molecule has 3 aromatic carbocycles. The normalized spacial score (nSPS) is 23.8. The van der Waals surface area contributed by atoms with Crippen LogP contribution in [0.3, 0.4) is 0 Å². The van der Waals surface area contributed by atoms with Crippen LogP contribution < -0.4 is 69.8 Å². The van der Waals surface area contributed by atoms with E-state index in [2.05, 4.69) is 90.4 Å². The zero-order valence-corrected chi connectivity index (χ0v) is 77.3. The number of carbonyl (C=O) groups excluding carboxylic acids is 19. The van der Waals surface area contributed by atoms with E-state index in [1.165, 1.54) is 27.8 Å². The Hall–Kier alpha value is -13.1. The van der Waals surface area contributed by atoms with Gasteiger partial charge in [0.2, 0.25) is 17.8 Å². The number of aliphatic hydroxyl groups excluding tert-OH is 1. The van der Waals surface area contributed by atoms with E-state index in [0.717, 1.165) is 41.9 Å². The van der Waals surface area contributed by atoms with Crippen molar-refractivity contribution in [2.75, 3.05) is 106 Å². The molecule has 5 amide bonds. The van der Waals surface area contributed by atoms with Crippen LogP contribution in [-0.4, -0.2) is 268 Å². The van der Waals surface area contributed by atoms with Crippen LogP contribution in [-0.2, 0) is 108 Å². The Bertz CT molecular complexity index is 5240. The quantitative estimate of drug-likeness (QED) is 0.00505. The number of nitrogens with two attached hydrogens (primary N) is 3. The Morgan fingerprint density at radius 3 is 2.13 bits per heavy atom. The van der Waals surface area contributed by atoms with Crippen LogP contribution in [0.5, 0.6) is 5.75 Å². The van der Waals surface area contributed by atoms with Crippen LogP contribution in [0, 0.1) is 23.2 Å². The van der Waals surface area contributed by atoms with Crippen LogP contribution in [0.2, 0.25) is 0 Å². The number of carbonyl (C=O) groups is 9. The fourth-order valence-electron chi connectivity index (χ4n) is 19.9. The van der Waals surface area contributed by atoms with Gasteiger partial charge in [-0.2, -0.15) is 52.9 Å². The molecule has 6 aliphatic heterocycles. The third-order valence-electron chi connectivity index (χ3n) is 25.6. The molecule has 17 N–H and O–H groups in total. The number of hydrogen-bond donors (Lipinski definition) is 14. The van der Waals surface area contributed by atoms with Gasteiger partial charge in [-0.25, -0.2) is 20.2 Å². The van der Waals surface area contributed by atoms with Crippen molar-refractivity contribution in [1.82, 2.24) is 56.5 Å². The second-order valence-electron chi connectivity index (χ2n) is 33.7. The first-order valence-corrected chi connectivity index (χ1v) is 46.0. The van der Waals surface area contributed by atoms with Crippen LogP contribution in [0.15, 0.2) is 88.8 Å². The topological polar surface area (TPSA) is 669 Å². The van der Waals surface area contributed by atoms with E-state index in [1.807, 2.05) is 56.1 Å². The number of aliphatic hydroxyl groups is 3. The minimum Gasteiger partial charge on any atom is -0.496 e. The predicted octanol–water partition coefficient (Wildman–Crippen LogP) is 1.38. The highest BCUT2D eigenvalue weighted by molar-refractivity contribution is 8.76. The van der Waals surface area contributed by atoms with Crippen molar-refractivity contribution in [2.45, 2.75) is 195 Å². The Morgan fingerprint density at radius 1 is 0.793 bits per heavy atom. The number of amides is 5. The number of guanidine groups is 1. The number of likely N-dealkylation sites (N-methyl/N-ethyl adjacent to an activating group) is 1. The molecule has 2 bridgehead atoms. The van der Waals surface area contributed by atoms with Crippen LogP contribution in [0.4, 0.5) is 27.8 Å². The van der Waals surface area contributed by atoms with E-state index in [9.17, 15) is 58.5 Å². The molecule has 2 aromatic heterocycles. The molecule has 7 aliphatic rings. The highest BCUT2D eigenvalue weighted by Crippen LogP contribution is 2.68. The number of ketones is 3. The number of aliphatic imine (C=N–C) groups is 1. The maximum atomic E-state index is 15.3. The number of H-pyrrole nitrogens is 1. The fraction of sp³-hybridized carbons (Fsp3) is 0.539. The molecule has 1 aliphatic carbocycles. The highest BCUT2D eigenvalue weighted by Gasteiger charge is 2.79. The van der Waals surface area contributed by atoms with E-state index in [1.54, 1.807) is 52.1 Å². The third-order valence-corrected chi connectivity index (χ3v) is 28.0. The van der Waals surface area contributed by atoms with Gasteiger partial charge in [0.15, 0.2) is 34.3 Å². The van der Waals surface area contributed by atoms with Crippen LogP contribution in [0.1, 0.15) is 163 Å². The lowest BCUT2D eigenvalue weighted by molar-refractivity contribution is -0.204. The van der Waals surface area contributed by atoms with Gasteiger partial charge in [0.05, 0.1) is 54.7 Å². The molecule has 1 spiro atoms. The Labute approximate surface area is 783 Å². The summed E-state index contributed by atoms with van der Waals surface area (Å²) in [5.41, 5.74) is 20.4. The van der Waals surface area contributed by atoms with Gasteiger partial charge in [0, 0.05) is 152 Å². The smallest absolute Gasteiger partial charge is 0.426 e. The van der Waals surface area contributed by atoms with Crippen LogP contribution in [0.25, 0.3) is 11.2 Å². The monoisotopic (exact) mass is 1910 g/mol. The number of anilines is 4. The van der Waals surface area contributed by atoms with Crippen molar-refractivity contribution >= 4 is 146 Å². The predicted molar refractivity (Wildman–Crippen MR) is 481 cm³/mol. The van der Waals surface area contributed by atoms with Crippen molar-refractivity contribution < 1.29 is 121 Å². The zero-order chi connectivity index (χ0) is 99.5. The Morgan fingerprint density at radius 2 is 1.47 bits per heavy atom. The molecule has 16 atom stereocenters. The van der Waals surface area contributed by atoms with Crippen molar-refractivity contribution in [3.63, 3.8) is 0 Å². The second kappa shape index (κ2) is 51.4. The minimum atomic E-state index is -2.58. The van der Waals surface area contributed by atoms with Crippen molar-refractivity contribution in [1.29, 1.82) is 0 Å². The lowest BCUT2D eigenvalue weighted by Gasteiger charge is -2.63. The van der Waals surface area contributed by atoms with E-state index in [4.69, 9.17) is 79.4 Å². The van der Waals surface area contributed by atoms with E-state index < -0.39 is 105 Å². The van der Waals surface area contributed by atoms with Gasteiger partial charge in [0.25, 0.3) is 23.8 Å². The van der Waals surface area contributed by atoms with Gasteiger partial charge < -0.3 is 83.1 Å². The number of piperidine rings is 1. The minimum absolute atomic E-state index is 0.0175. The van der Waals surface area contributed by atoms with E-state index in [0.29, 0.717) is 117 Å². The number of nitrogen functional groups attached to an aromatic ring is 1. The summed E-state index contributed by atoms with van der Waals surface area (Å²) < 4.78 is 18.1. The lowest BCUT2D eigenvalue weighted by Crippen LogP contribution is -2.82. The molecule has 728 valence electrons. The number of nitrogens with one attached hydrogen (secondary N) is 8. The number of hydrogen-bond acceptors (Lipinski definition) is 38. The Kier molecular flexibility index (Phi) is 41.5. The number of methoxy groups -OCH3 is 1.